The predicted molar refractivity (Wildman–Crippen MR) is 160 cm³/mol. The number of fused-ring (bicyclic) bond motifs is 1. The summed E-state index contributed by atoms with van der Waals surface area (Å²) in [6.07, 6.45) is 0.288. The first kappa shape index (κ1) is 28.6. The number of benzene rings is 4. The van der Waals surface area contributed by atoms with Gasteiger partial charge in [-0.05, 0) is 38.4 Å². The lowest BCUT2D eigenvalue weighted by molar-refractivity contribution is -0.131. The molecule has 0 heterocycles. The Morgan fingerprint density at radius 3 is 2.05 bits per heavy atom. The Morgan fingerprint density at radius 2 is 1.38 bits per heavy atom. The Bertz CT molecular complexity index is 1470. The number of hydrogen-bond acceptors (Lipinski definition) is 3. The van der Waals surface area contributed by atoms with E-state index in [4.69, 9.17) is 0 Å². The molecule has 0 aliphatic heterocycles. The van der Waals surface area contributed by atoms with E-state index in [9.17, 15) is 14.4 Å². The molecule has 0 saturated heterocycles. The van der Waals surface area contributed by atoms with Crippen LogP contribution in [0.2, 0.25) is 0 Å². The molecule has 3 N–H and O–H groups in total. The van der Waals surface area contributed by atoms with E-state index in [0.29, 0.717) is 12.1 Å². The molecule has 0 radical (unpaired) electrons. The lowest BCUT2D eigenvalue weighted by atomic mass is 9.87. The highest BCUT2D eigenvalue weighted by atomic mass is 16.2. The summed E-state index contributed by atoms with van der Waals surface area (Å²) in [6, 6.07) is 29.3. The van der Waals surface area contributed by atoms with Crippen molar-refractivity contribution in [1.29, 1.82) is 0 Å². The summed E-state index contributed by atoms with van der Waals surface area (Å²) in [5, 5.41) is 10.7. The van der Waals surface area contributed by atoms with Crippen molar-refractivity contribution in [3.8, 4) is 0 Å². The fourth-order valence-electron chi connectivity index (χ4n) is 4.75. The van der Waals surface area contributed by atoms with Crippen LogP contribution >= 0.6 is 0 Å². The molecule has 0 saturated carbocycles. The monoisotopic (exact) mass is 535 g/mol. The first-order chi connectivity index (χ1) is 19.1. The molecule has 0 bridgehead atoms. The summed E-state index contributed by atoms with van der Waals surface area (Å²) in [6.45, 7) is 8.19. The lowest BCUT2D eigenvalue weighted by Gasteiger charge is -2.24. The normalized spacial score (nSPS) is 12.8. The minimum Gasteiger partial charge on any atom is -0.350 e. The Kier molecular flexibility index (Phi) is 9.00. The van der Waals surface area contributed by atoms with Crippen LogP contribution in [0, 0.1) is 0 Å². The molecule has 3 amide bonds. The molecule has 6 nitrogen and oxygen atoms in total. The Morgan fingerprint density at radius 1 is 0.725 bits per heavy atom. The standard InChI is InChI=1S/C34H37N3O3/c1-23(38)36-30(21-27-15-10-14-25-11-8-9-16-29(25)27)32(39)37-31(26-12-6-5-7-13-26)33(40)35-22-24-17-19-28(20-18-24)34(2,3)4/h5-20,30-31H,21-22H2,1-4H3,(H,35,40)(H,36,38)(H,37,39)/t30-,31-/m0/s1. The maximum Gasteiger partial charge on any atom is 0.247 e. The molecule has 4 aromatic carbocycles. The summed E-state index contributed by atoms with van der Waals surface area (Å²) < 4.78 is 0. The molecule has 0 aromatic heterocycles. The molecule has 4 aromatic rings. The van der Waals surface area contributed by atoms with Gasteiger partial charge in [0.05, 0.1) is 0 Å². The maximum absolute atomic E-state index is 13.6. The molecule has 206 valence electrons. The zero-order chi connectivity index (χ0) is 28.7. The first-order valence-electron chi connectivity index (χ1n) is 13.6. The minimum atomic E-state index is -0.925. The van der Waals surface area contributed by atoms with Crippen molar-refractivity contribution in [2.75, 3.05) is 0 Å². The first-order valence-corrected chi connectivity index (χ1v) is 13.6. The van der Waals surface area contributed by atoms with Crippen molar-refractivity contribution < 1.29 is 14.4 Å². The van der Waals surface area contributed by atoms with Gasteiger partial charge in [0.25, 0.3) is 0 Å². The molecular formula is C34H37N3O3. The van der Waals surface area contributed by atoms with Crippen molar-refractivity contribution in [2.45, 2.75) is 58.2 Å². The summed E-state index contributed by atoms with van der Waals surface area (Å²) in [5.74, 6) is -1.08. The van der Waals surface area contributed by atoms with E-state index in [0.717, 1.165) is 21.9 Å². The number of carbonyl (C=O) groups is 3. The van der Waals surface area contributed by atoms with Gasteiger partial charge in [-0.15, -0.1) is 0 Å². The highest BCUT2D eigenvalue weighted by molar-refractivity contribution is 5.93. The maximum atomic E-state index is 13.6. The number of carbonyl (C=O) groups excluding carboxylic acids is 3. The average molecular weight is 536 g/mol. The van der Waals surface area contributed by atoms with Gasteiger partial charge in [0.15, 0.2) is 0 Å². The number of hydrogen-bond donors (Lipinski definition) is 3. The molecule has 0 unspecified atom stereocenters. The quantitative estimate of drug-likeness (QED) is 0.270. The van der Waals surface area contributed by atoms with Gasteiger partial charge in [-0.3, -0.25) is 14.4 Å². The SMILES string of the molecule is CC(=O)N[C@@H](Cc1cccc2ccccc12)C(=O)N[C@H](C(=O)NCc1ccc(C(C)(C)C)cc1)c1ccccc1. The second kappa shape index (κ2) is 12.6. The smallest absolute Gasteiger partial charge is 0.247 e. The Labute approximate surface area is 236 Å². The van der Waals surface area contributed by atoms with Gasteiger partial charge in [0.2, 0.25) is 17.7 Å². The van der Waals surface area contributed by atoms with Crippen molar-refractivity contribution in [3.63, 3.8) is 0 Å². The van der Waals surface area contributed by atoms with E-state index >= 15 is 0 Å². The third-order valence-corrected chi connectivity index (χ3v) is 6.97. The fraction of sp³-hybridized carbons (Fsp3) is 0.265. The highest BCUT2D eigenvalue weighted by Crippen LogP contribution is 2.23. The Hall–Kier alpha value is -4.45. The molecule has 40 heavy (non-hydrogen) atoms. The third-order valence-electron chi connectivity index (χ3n) is 6.97. The number of rotatable bonds is 9. The van der Waals surface area contributed by atoms with E-state index in [1.807, 2.05) is 72.8 Å². The highest BCUT2D eigenvalue weighted by Gasteiger charge is 2.28. The van der Waals surface area contributed by atoms with Gasteiger partial charge in [-0.1, -0.05) is 118 Å². The van der Waals surface area contributed by atoms with Crippen LogP contribution < -0.4 is 16.0 Å². The van der Waals surface area contributed by atoms with E-state index in [2.05, 4.69) is 48.9 Å². The minimum absolute atomic E-state index is 0.0426. The van der Waals surface area contributed by atoms with E-state index in [-0.39, 0.29) is 23.7 Å². The van der Waals surface area contributed by atoms with Gasteiger partial charge >= 0.3 is 0 Å². The largest absolute Gasteiger partial charge is 0.350 e. The van der Waals surface area contributed by atoms with Crippen molar-refractivity contribution in [3.05, 3.63) is 119 Å². The van der Waals surface area contributed by atoms with Crippen LogP contribution in [0.4, 0.5) is 0 Å². The summed E-state index contributed by atoms with van der Waals surface area (Å²) in [4.78, 5) is 39.1. The third kappa shape index (κ3) is 7.35. The van der Waals surface area contributed by atoms with E-state index in [1.54, 1.807) is 12.1 Å². The molecule has 0 aliphatic carbocycles. The van der Waals surface area contributed by atoms with Crippen LogP contribution in [0.25, 0.3) is 10.8 Å². The van der Waals surface area contributed by atoms with Crippen LogP contribution in [-0.4, -0.2) is 23.8 Å². The van der Waals surface area contributed by atoms with E-state index < -0.39 is 18.0 Å². The van der Waals surface area contributed by atoms with Gasteiger partial charge < -0.3 is 16.0 Å². The van der Waals surface area contributed by atoms with Crippen LogP contribution in [0.1, 0.15) is 56.0 Å². The molecule has 4 rings (SSSR count). The summed E-state index contributed by atoms with van der Waals surface area (Å²) in [5.41, 5.74) is 3.81. The van der Waals surface area contributed by atoms with E-state index in [1.165, 1.54) is 12.5 Å². The fourth-order valence-corrected chi connectivity index (χ4v) is 4.75. The average Bonchev–Trinajstić information content (AvgIpc) is 2.94. The Balaban J connectivity index is 1.53. The van der Waals surface area contributed by atoms with Crippen LogP contribution in [0.15, 0.2) is 97.1 Å². The van der Waals surface area contributed by atoms with Crippen LogP contribution in [0.3, 0.4) is 0 Å². The topological polar surface area (TPSA) is 87.3 Å². The van der Waals surface area contributed by atoms with Gasteiger partial charge in [-0.25, -0.2) is 0 Å². The molecule has 0 aliphatic rings. The van der Waals surface area contributed by atoms with Gasteiger partial charge in [0, 0.05) is 19.9 Å². The zero-order valence-electron chi connectivity index (χ0n) is 23.5. The van der Waals surface area contributed by atoms with Gasteiger partial charge in [-0.2, -0.15) is 0 Å². The second-order valence-corrected chi connectivity index (χ2v) is 11.1. The predicted octanol–water partition coefficient (Wildman–Crippen LogP) is 5.36. The lowest BCUT2D eigenvalue weighted by Crippen LogP contribution is -2.50. The molecule has 0 spiro atoms. The zero-order valence-corrected chi connectivity index (χ0v) is 23.5. The number of nitrogens with one attached hydrogen (secondary N) is 3. The summed E-state index contributed by atoms with van der Waals surface area (Å²) in [7, 11) is 0. The molecule has 2 atom stereocenters. The van der Waals surface area contributed by atoms with Crippen molar-refractivity contribution >= 4 is 28.5 Å². The second-order valence-electron chi connectivity index (χ2n) is 11.1. The van der Waals surface area contributed by atoms with Crippen LogP contribution in [-0.2, 0) is 32.8 Å². The van der Waals surface area contributed by atoms with Crippen molar-refractivity contribution in [1.82, 2.24) is 16.0 Å². The van der Waals surface area contributed by atoms with Crippen LogP contribution in [0.5, 0.6) is 0 Å². The van der Waals surface area contributed by atoms with Gasteiger partial charge in [0.1, 0.15) is 12.1 Å². The van der Waals surface area contributed by atoms with Crippen molar-refractivity contribution in [2.24, 2.45) is 0 Å². The molecule has 0 fully saturated rings. The molecule has 6 heteroatoms. The molecular weight excluding hydrogens is 498 g/mol. The summed E-state index contributed by atoms with van der Waals surface area (Å²) >= 11 is 0. The number of amides is 3.